The lowest BCUT2D eigenvalue weighted by atomic mass is 10.0. The van der Waals surface area contributed by atoms with Crippen LogP contribution in [0.2, 0.25) is 0 Å². The largest absolute Gasteiger partial charge is 0.472 e. The van der Waals surface area contributed by atoms with Crippen LogP contribution in [0.4, 0.5) is 0 Å². The second-order valence-electron chi connectivity index (χ2n) is 26.0. The Morgan fingerprint density at radius 1 is 0.381 bits per heavy atom. The van der Waals surface area contributed by atoms with Crippen molar-refractivity contribution in [3.8, 4) is 0 Å². The molecule has 0 saturated heterocycles. The first-order chi connectivity index (χ1) is 41.0. The summed E-state index contributed by atoms with van der Waals surface area (Å²) in [5.41, 5.74) is 0. The van der Waals surface area contributed by atoms with Crippen LogP contribution in [-0.2, 0) is 32.7 Å². The van der Waals surface area contributed by atoms with E-state index < -0.39 is 26.5 Å². The molecule has 1 N–H and O–H groups in total. The van der Waals surface area contributed by atoms with Gasteiger partial charge >= 0.3 is 19.8 Å². The van der Waals surface area contributed by atoms with Crippen molar-refractivity contribution in [3.63, 3.8) is 0 Å². The predicted molar refractivity (Wildman–Crippen MR) is 363 cm³/mol. The van der Waals surface area contributed by atoms with Crippen LogP contribution in [-0.4, -0.2) is 74.9 Å². The smallest absolute Gasteiger partial charge is 0.462 e. The summed E-state index contributed by atoms with van der Waals surface area (Å²) in [6.45, 7) is 4.39. The molecule has 0 aliphatic carbocycles. The minimum absolute atomic E-state index is 0.0354. The van der Waals surface area contributed by atoms with Crippen LogP contribution in [0, 0.1) is 0 Å². The summed E-state index contributed by atoms with van der Waals surface area (Å²) in [7, 11) is 1.50. The molecule has 0 heterocycles. The lowest BCUT2D eigenvalue weighted by molar-refractivity contribution is -0.870. The molecule has 2 unspecified atom stereocenters. The van der Waals surface area contributed by atoms with Crippen molar-refractivity contribution in [2.45, 2.75) is 367 Å². The average molecular weight is 1200 g/mol. The number of ether oxygens (including phenoxy) is 2. The molecule has 84 heavy (non-hydrogen) atoms. The summed E-state index contributed by atoms with van der Waals surface area (Å²) in [4.78, 5) is 35.9. The van der Waals surface area contributed by atoms with Crippen LogP contribution in [0.25, 0.3) is 0 Å². The number of carbonyl (C=O) groups is 2. The maximum Gasteiger partial charge on any atom is 0.472 e. The minimum atomic E-state index is -4.39. The molecule has 0 aromatic rings. The Kier molecular flexibility index (Phi) is 63.8. The van der Waals surface area contributed by atoms with E-state index in [1.54, 1.807) is 0 Å². The number of allylic oxidation sites excluding steroid dienone is 8. The van der Waals surface area contributed by atoms with E-state index in [0.717, 1.165) is 57.8 Å². The molecule has 0 rings (SSSR count). The van der Waals surface area contributed by atoms with Gasteiger partial charge in [-0.25, -0.2) is 4.57 Å². The number of phosphoric ester groups is 1. The quantitative estimate of drug-likeness (QED) is 0.0211. The Balaban J connectivity index is 3.90. The first-order valence-electron chi connectivity index (χ1n) is 36.4. The number of phosphoric acid groups is 1. The van der Waals surface area contributed by atoms with Crippen molar-refractivity contribution in [3.05, 3.63) is 48.6 Å². The van der Waals surface area contributed by atoms with E-state index in [-0.39, 0.29) is 25.6 Å². The number of quaternary nitrogens is 1. The highest BCUT2D eigenvalue weighted by Gasteiger charge is 2.27. The molecular weight excluding hydrogens is 1060 g/mol. The van der Waals surface area contributed by atoms with E-state index in [1.807, 2.05) is 21.1 Å². The SMILES string of the molecule is CC/C=C\C/C=C\C/C=C\C/C=C\CCCCCCCCCCCCCCCCCCCCCCCCCCCCC(=O)OC(COC(=O)CCCCCCCCCCCCCCCCCCCCCCC)COP(=O)(O)OCC[N+](C)(C)C. The van der Waals surface area contributed by atoms with Crippen molar-refractivity contribution in [1.29, 1.82) is 0 Å². The molecule has 0 radical (unpaired) electrons. The summed E-state index contributed by atoms with van der Waals surface area (Å²) in [6, 6.07) is 0. The molecule has 0 spiro atoms. The maximum absolute atomic E-state index is 12.9. The maximum atomic E-state index is 12.9. The Morgan fingerprint density at radius 2 is 0.679 bits per heavy atom. The third kappa shape index (κ3) is 69.1. The Morgan fingerprint density at radius 3 is 1.01 bits per heavy atom. The summed E-state index contributed by atoms with van der Waals surface area (Å²) >= 11 is 0. The highest BCUT2D eigenvalue weighted by atomic mass is 31.2. The zero-order valence-corrected chi connectivity index (χ0v) is 57.3. The number of likely N-dealkylation sites (N-methyl/N-ethyl adjacent to an activating group) is 1. The molecule has 0 amide bonds. The molecule has 10 heteroatoms. The van der Waals surface area contributed by atoms with E-state index in [1.165, 1.54) is 270 Å². The first-order valence-corrected chi connectivity index (χ1v) is 37.9. The van der Waals surface area contributed by atoms with Crippen molar-refractivity contribution in [2.75, 3.05) is 47.5 Å². The Labute approximate surface area is 522 Å². The van der Waals surface area contributed by atoms with Crippen LogP contribution >= 0.6 is 7.82 Å². The lowest BCUT2D eigenvalue weighted by Gasteiger charge is -2.24. The molecule has 0 aliphatic heterocycles. The predicted octanol–water partition coefficient (Wildman–Crippen LogP) is 23.6. The zero-order valence-electron chi connectivity index (χ0n) is 56.4. The van der Waals surface area contributed by atoms with Crippen LogP contribution in [0.3, 0.4) is 0 Å². The van der Waals surface area contributed by atoms with E-state index in [2.05, 4.69) is 62.5 Å². The summed E-state index contributed by atoms with van der Waals surface area (Å²) in [5.74, 6) is -0.773. The van der Waals surface area contributed by atoms with Crippen LogP contribution < -0.4 is 0 Å². The fourth-order valence-electron chi connectivity index (χ4n) is 10.8. The zero-order chi connectivity index (χ0) is 61.2. The Hall–Kier alpha value is -2.03. The van der Waals surface area contributed by atoms with Gasteiger partial charge in [0.2, 0.25) is 0 Å². The molecule has 0 aromatic heterocycles. The highest BCUT2D eigenvalue weighted by Crippen LogP contribution is 2.43. The molecular formula is C74H141NO8P+. The molecule has 2 atom stereocenters. The molecule has 0 aromatic carbocycles. The van der Waals surface area contributed by atoms with Gasteiger partial charge in [-0.3, -0.25) is 18.6 Å². The van der Waals surface area contributed by atoms with Gasteiger partial charge in [-0.15, -0.1) is 0 Å². The molecule has 0 aliphatic rings. The van der Waals surface area contributed by atoms with E-state index in [9.17, 15) is 19.0 Å². The normalized spacial score (nSPS) is 13.4. The van der Waals surface area contributed by atoms with E-state index >= 15 is 0 Å². The average Bonchev–Trinajstić information content (AvgIpc) is 3.61. The first kappa shape index (κ1) is 82.0. The second-order valence-corrected chi connectivity index (χ2v) is 27.4. The number of hydrogen-bond donors (Lipinski definition) is 1. The molecule has 0 fully saturated rings. The summed E-state index contributed by atoms with van der Waals surface area (Å²) in [6.07, 6.45) is 85.2. The molecule has 9 nitrogen and oxygen atoms in total. The van der Waals surface area contributed by atoms with Crippen LogP contribution in [0.5, 0.6) is 0 Å². The fraction of sp³-hybridized carbons (Fsp3) is 0.865. The summed E-state index contributed by atoms with van der Waals surface area (Å²) in [5, 5.41) is 0. The van der Waals surface area contributed by atoms with Crippen LogP contribution in [0.15, 0.2) is 48.6 Å². The topological polar surface area (TPSA) is 108 Å². The standard InChI is InChI=1S/C74H140NO8P/c1-6-8-10-12-14-16-18-20-22-24-26-28-29-30-31-32-33-34-35-36-37-38-39-40-41-42-43-44-45-47-49-51-53-55-57-59-61-63-65-67-74(77)83-72(71-82-84(78,79)81-69-68-75(3,4)5)70-80-73(76)66-64-62-60-58-56-54-52-50-48-46-27-25-23-21-19-17-15-13-11-9-7-2/h8,10,14,16,20,22,26,28,72H,6-7,9,11-13,15,17-19,21,23-25,27,29-71H2,1-5H3/p+1/b10-8-,16-14-,22-20-,28-26-. The molecule has 0 saturated carbocycles. The van der Waals surface area contributed by atoms with Crippen molar-refractivity contribution in [2.24, 2.45) is 0 Å². The van der Waals surface area contributed by atoms with Crippen LogP contribution in [0.1, 0.15) is 361 Å². The molecule has 0 bridgehead atoms. The van der Waals surface area contributed by atoms with Crippen molar-refractivity contribution >= 4 is 19.8 Å². The fourth-order valence-corrected chi connectivity index (χ4v) is 11.6. The monoisotopic (exact) mass is 1200 g/mol. The highest BCUT2D eigenvalue weighted by molar-refractivity contribution is 7.47. The van der Waals surface area contributed by atoms with Crippen molar-refractivity contribution < 1.29 is 42.1 Å². The van der Waals surface area contributed by atoms with Gasteiger partial charge in [-0.05, 0) is 51.4 Å². The summed E-state index contributed by atoms with van der Waals surface area (Å²) < 4.78 is 34.7. The minimum Gasteiger partial charge on any atom is -0.462 e. The number of esters is 2. The van der Waals surface area contributed by atoms with Gasteiger partial charge in [0.15, 0.2) is 6.10 Å². The van der Waals surface area contributed by atoms with Gasteiger partial charge in [0.05, 0.1) is 27.7 Å². The van der Waals surface area contributed by atoms with Gasteiger partial charge in [-0.2, -0.15) is 0 Å². The van der Waals surface area contributed by atoms with E-state index in [4.69, 9.17) is 18.5 Å². The van der Waals surface area contributed by atoms with Gasteiger partial charge in [0.25, 0.3) is 0 Å². The van der Waals surface area contributed by atoms with Gasteiger partial charge < -0.3 is 18.9 Å². The number of hydrogen-bond acceptors (Lipinski definition) is 7. The number of nitrogens with zero attached hydrogens (tertiary/aromatic N) is 1. The van der Waals surface area contributed by atoms with E-state index in [0.29, 0.717) is 23.9 Å². The number of unbranched alkanes of at least 4 members (excludes halogenated alkanes) is 46. The van der Waals surface area contributed by atoms with Gasteiger partial charge in [0.1, 0.15) is 19.8 Å². The second kappa shape index (κ2) is 65.4. The lowest BCUT2D eigenvalue weighted by Crippen LogP contribution is -2.37. The van der Waals surface area contributed by atoms with Gasteiger partial charge in [0, 0.05) is 12.8 Å². The third-order valence-corrected chi connectivity index (χ3v) is 17.4. The molecule has 494 valence electrons. The third-order valence-electron chi connectivity index (χ3n) is 16.4. The van der Waals surface area contributed by atoms with Crippen molar-refractivity contribution in [1.82, 2.24) is 0 Å². The number of rotatable bonds is 68. The van der Waals surface area contributed by atoms with Gasteiger partial charge in [-0.1, -0.05) is 345 Å². The number of carbonyl (C=O) groups excluding carboxylic acids is 2. The Bertz CT molecular complexity index is 1560.